The first-order valence-corrected chi connectivity index (χ1v) is 7.54. The van der Waals surface area contributed by atoms with Gasteiger partial charge in [-0.1, -0.05) is 6.92 Å². The van der Waals surface area contributed by atoms with Crippen molar-refractivity contribution in [2.45, 2.75) is 32.9 Å². The third kappa shape index (κ3) is 3.75. The summed E-state index contributed by atoms with van der Waals surface area (Å²) in [6.45, 7) is 8.24. The Labute approximate surface area is 113 Å². The Hall–Kier alpha value is -0.490. The van der Waals surface area contributed by atoms with Crippen molar-refractivity contribution >= 4 is 11.3 Å². The van der Waals surface area contributed by atoms with Crippen molar-refractivity contribution in [3.8, 4) is 0 Å². The fourth-order valence-corrected chi connectivity index (χ4v) is 3.38. The minimum atomic E-state index is 0.759. The van der Waals surface area contributed by atoms with Gasteiger partial charge in [-0.2, -0.15) is 0 Å². The van der Waals surface area contributed by atoms with Gasteiger partial charge in [-0.05, 0) is 13.0 Å². The molecule has 0 saturated carbocycles. The van der Waals surface area contributed by atoms with E-state index >= 15 is 0 Å². The first-order valence-electron chi connectivity index (χ1n) is 6.73. The highest BCUT2D eigenvalue weighted by Gasteiger charge is 2.19. The van der Waals surface area contributed by atoms with Crippen molar-refractivity contribution in [1.29, 1.82) is 0 Å². The molecule has 0 atom stereocenters. The van der Waals surface area contributed by atoms with E-state index in [4.69, 9.17) is 9.72 Å². The van der Waals surface area contributed by atoms with Crippen LogP contribution in [-0.4, -0.2) is 43.2 Å². The molecule has 2 heterocycles. The fraction of sp³-hybridized carbons (Fsp3) is 0.769. The van der Waals surface area contributed by atoms with Crippen LogP contribution in [-0.2, 0) is 24.2 Å². The zero-order chi connectivity index (χ0) is 12.8. The summed E-state index contributed by atoms with van der Waals surface area (Å²) in [5, 5.41) is 4.57. The van der Waals surface area contributed by atoms with Crippen LogP contribution in [0.2, 0.25) is 0 Å². The average Bonchev–Trinajstić information content (AvgIpc) is 2.77. The number of nitrogens with zero attached hydrogens (tertiary/aromatic N) is 2. The molecule has 1 N–H and O–H groups in total. The molecule has 0 aliphatic carbocycles. The van der Waals surface area contributed by atoms with Gasteiger partial charge >= 0.3 is 0 Å². The van der Waals surface area contributed by atoms with Gasteiger partial charge in [0.1, 0.15) is 5.01 Å². The molecule has 0 amide bonds. The first-order chi connectivity index (χ1) is 8.83. The van der Waals surface area contributed by atoms with Gasteiger partial charge in [0, 0.05) is 44.6 Å². The molecule has 0 radical (unpaired) electrons. The maximum atomic E-state index is 5.02. The second kappa shape index (κ2) is 7.19. The Bertz CT molecular complexity index is 367. The molecule has 0 spiro atoms. The van der Waals surface area contributed by atoms with Gasteiger partial charge < -0.3 is 10.1 Å². The van der Waals surface area contributed by atoms with Gasteiger partial charge in [0.25, 0.3) is 0 Å². The van der Waals surface area contributed by atoms with Crippen LogP contribution in [0.15, 0.2) is 0 Å². The number of nitrogens with one attached hydrogen (secondary N) is 1. The van der Waals surface area contributed by atoms with Gasteiger partial charge in [-0.15, -0.1) is 11.3 Å². The van der Waals surface area contributed by atoms with Crippen molar-refractivity contribution in [2.75, 3.05) is 33.4 Å². The van der Waals surface area contributed by atoms with E-state index in [2.05, 4.69) is 17.1 Å². The molecule has 2 rings (SSSR count). The molecule has 1 aromatic heterocycles. The molecular formula is C13H23N3OS. The first kappa shape index (κ1) is 13.9. The van der Waals surface area contributed by atoms with E-state index in [0.717, 1.165) is 32.7 Å². The molecule has 5 heteroatoms. The molecular weight excluding hydrogens is 246 g/mol. The normalized spacial score (nSPS) is 15.9. The fourth-order valence-electron chi connectivity index (χ4n) is 2.25. The van der Waals surface area contributed by atoms with E-state index in [1.807, 2.05) is 11.3 Å². The number of aromatic nitrogens is 1. The molecule has 4 nitrogen and oxygen atoms in total. The summed E-state index contributed by atoms with van der Waals surface area (Å²) in [6.07, 6.45) is 2.35. The highest BCUT2D eigenvalue weighted by Crippen LogP contribution is 2.25. The molecule has 1 aromatic rings. The Morgan fingerprint density at radius 3 is 3.17 bits per heavy atom. The Kier molecular flexibility index (Phi) is 5.56. The largest absolute Gasteiger partial charge is 0.383 e. The maximum Gasteiger partial charge on any atom is 0.107 e. The topological polar surface area (TPSA) is 37.4 Å². The monoisotopic (exact) mass is 269 g/mol. The van der Waals surface area contributed by atoms with Gasteiger partial charge in [-0.25, -0.2) is 4.98 Å². The van der Waals surface area contributed by atoms with Crippen molar-refractivity contribution < 1.29 is 4.74 Å². The van der Waals surface area contributed by atoms with Crippen molar-refractivity contribution in [2.24, 2.45) is 0 Å². The number of thiazole rings is 1. The van der Waals surface area contributed by atoms with Crippen LogP contribution in [0.1, 0.15) is 28.9 Å². The predicted molar refractivity (Wildman–Crippen MR) is 75.0 cm³/mol. The van der Waals surface area contributed by atoms with Crippen molar-refractivity contribution in [1.82, 2.24) is 15.2 Å². The van der Waals surface area contributed by atoms with Gasteiger partial charge in [0.2, 0.25) is 0 Å². The molecule has 102 valence electrons. The van der Waals surface area contributed by atoms with E-state index in [1.54, 1.807) is 7.11 Å². The lowest BCUT2D eigenvalue weighted by molar-refractivity contribution is 0.199. The number of hydrogen-bond acceptors (Lipinski definition) is 5. The highest BCUT2D eigenvalue weighted by molar-refractivity contribution is 7.11. The van der Waals surface area contributed by atoms with Crippen LogP contribution in [0.4, 0.5) is 0 Å². The highest BCUT2D eigenvalue weighted by atomic mass is 32.1. The van der Waals surface area contributed by atoms with E-state index < -0.39 is 0 Å². The Morgan fingerprint density at radius 1 is 1.50 bits per heavy atom. The number of fused-ring (bicyclic) bond motifs is 1. The minimum Gasteiger partial charge on any atom is -0.383 e. The van der Waals surface area contributed by atoms with Crippen molar-refractivity contribution in [3.05, 3.63) is 15.6 Å². The molecule has 18 heavy (non-hydrogen) atoms. The third-order valence-corrected chi connectivity index (χ3v) is 4.24. The van der Waals surface area contributed by atoms with Crippen LogP contribution < -0.4 is 5.32 Å². The molecule has 0 saturated heterocycles. The molecule has 1 aliphatic rings. The second-order valence-corrected chi connectivity index (χ2v) is 5.84. The zero-order valence-corrected chi connectivity index (χ0v) is 12.2. The third-order valence-electron chi connectivity index (χ3n) is 3.15. The zero-order valence-electron chi connectivity index (χ0n) is 11.4. The number of hydrogen-bond donors (Lipinski definition) is 1. The summed E-state index contributed by atoms with van der Waals surface area (Å²) in [7, 11) is 1.73. The van der Waals surface area contributed by atoms with E-state index in [-0.39, 0.29) is 0 Å². The molecule has 0 aromatic carbocycles. The Balaban J connectivity index is 1.85. The standard InChI is InChI=1S/C13H23N3OS/c1-3-6-16-7-4-11-12(10-16)18-13(15-11)9-14-5-8-17-2/h14H,3-10H2,1-2H3. The average molecular weight is 269 g/mol. The Morgan fingerprint density at radius 2 is 2.39 bits per heavy atom. The molecule has 0 bridgehead atoms. The molecule has 0 fully saturated rings. The summed E-state index contributed by atoms with van der Waals surface area (Å²) >= 11 is 1.87. The van der Waals surface area contributed by atoms with E-state index in [9.17, 15) is 0 Å². The summed E-state index contributed by atoms with van der Waals surface area (Å²) < 4.78 is 5.02. The quantitative estimate of drug-likeness (QED) is 0.764. The summed E-state index contributed by atoms with van der Waals surface area (Å²) in [4.78, 5) is 8.73. The summed E-state index contributed by atoms with van der Waals surface area (Å²) in [5.41, 5.74) is 1.33. The van der Waals surface area contributed by atoms with Gasteiger partial charge in [-0.3, -0.25) is 4.90 Å². The van der Waals surface area contributed by atoms with Gasteiger partial charge in [0.15, 0.2) is 0 Å². The molecule has 1 aliphatic heterocycles. The van der Waals surface area contributed by atoms with Crippen molar-refractivity contribution in [3.63, 3.8) is 0 Å². The molecule has 0 unspecified atom stereocenters. The smallest absolute Gasteiger partial charge is 0.107 e. The van der Waals surface area contributed by atoms with Crippen LogP contribution in [0, 0.1) is 0 Å². The maximum absolute atomic E-state index is 5.02. The van der Waals surface area contributed by atoms with Crippen LogP contribution in [0.5, 0.6) is 0 Å². The van der Waals surface area contributed by atoms with E-state index in [1.165, 1.54) is 35.1 Å². The van der Waals surface area contributed by atoms with E-state index in [0.29, 0.717) is 0 Å². The number of ether oxygens (including phenoxy) is 1. The predicted octanol–water partition coefficient (Wildman–Crippen LogP) is 1.65. The summed E-state index contributed by atoms with van der Waals surface area (Å²) in [6, 6.07) is 0. The van der Waals surface area contributed by atoms with Crippen LogP contribution in [0.25, 0.3) is 0 Å². The number of methoxy groups -OCH3 is 1. The summed E-state index contributed by atoms with van der Waals surface area (Å²) in [5.74, 6) is 0. The van der Waals surface area contributed by atoms with Crippen LogP contribution in [0.3, 0.4) is 0 Å². The number of rotatable bonds is 7. The lowest BCUT2D eigenvalue weighted by Crippen LogP contribution is -2.30. The van der Waals surface area contributed by atoms with Crippen LogP contribution >= 0.6 is 11.3 Å². The lowest BCUT2D eigenvalue weighted by Gasteiger charge is -2.25. The second-order valence-electron chi connectivity index (χ2n) is 4.67. The minimum absolute atomic E-state index is 0.759. The lowest BCUT2D eigenvalue weighted by atomic mass is 10.2. The van der Waals surface area contributed by atoms with Gasteiger partial charge in [0.05, 0.1) is 12.3 Å². The SMILES string of the molecule is CCCN1CCc2nc(CNCCOC)sc2C1.